The van der Waals surface area contributed by atoms with Gasteiger partial charge in [-0.15, -0.1) is 0 Å². The molecule has 28 heavy (non-hydrogen) atoms. The number of piperidine rings is 1. The number of nitrogens with one attached hydrogen (secondary N) is 1. The zero-order chi connectivity index (χ0) is 19.5. The predicted molar refractivity (Wildman–Crippen MR) is 102 cm³/mol. The summed E-state index contributed by atoms with van der Waals surface area (Å²) in [5.41, 5.74) is 2.35. The van der Waals surface area contributed by atoms with Crippen LogP contribution in [-0.4, -0.2) is 54.7 Å². The Hall–Kier alpha value is -3.42. The number of rotatable bonds is 5. The molecule has 0 aliphatic carbocycles. The summed E-state index contributed by atoms with van der Waals surface area (Å²) in [5, 5.41) is 13.2. The van der Waals surface area contributed by atoms with Crippen LogP contribution in [0.15, 0.2) is 48.9 Å². The van der Waals surface area contributed by atoms with E-state index in [4.69, 9.17) is 5.11 Å². The molecule has 8 heteroatoms. The number of amides is 1. The number of benzene rings is 1. The Balaban J connectivity index is 1.52. The lowest BCUT2D eigenvalue weighted by Gasteiger charge is -2.33. The van der Waals surface area contributed by atoms with E-state index >= 15 is 0 Å². The van der Waals surface area contributed by atoms with Crippen molar-refractivity contribution in [2.45, 2.75) is 25.3 Å². The summed E-state index contributed by atoms with van der Waals surface area (Å²) >= 11 is 0. The first-order valence-corrected chi connectivity index (χ1v) is 9.24. The number of aliphatic carboxylic acids is 1. The van der Waals surface area contributed by atoms with Crippen LogP contribution >= 0.6 is 0 Å². The van der Waals surface area contributed by atoms with Crippen LogP contribution in [0.3, 0.4) is 0 Å². The zero-order valence-electron chi connectivity index (χ0n) is 15.3. The summed E-state index contributed by atoms with van der Waals surface area (Å²) < 4.78 is 1.51. The fraction of sp³-hybridized carbons (Fsp3) is 0.300. The quantitative estimate of drug-likeness (QED) is 0.708. The van der Waals surface area contributed by atoms with Crippen LogP contribution in [-0.2, 0) is 11.3 Å². The minimum absolute atomic E-state index is 0.0255. The van der Waals surface area contributed by atoms with E-state index in [9.17, 15) is 9.59 Å². The van der Waals surface area contributed by atoms with E-state index in [2.05, 4.69) is 15.1 Å². The maximum Gasteiger partial charge on any atom is 0.325 e. The van der Waals surface area contributed by atoms with Crippen LogP contribution in [0.1, 0.15) is 34.8 Å². The number of H-pyrrole nitrogens is 1. The lowest BCUT2D eigenvalue weighted by atomic mass is 9.94. The van der Waals surface area contributed by atoms with Gasteiger partial charge in [0.2, 0.25) is 0 Å². The molecule has 2 N–H and O–H groups in total. The van der Waals surface area contributed by atoms with Gasteiger partial charge in [0.1, 0.15) is 12.4 Å². The summed E-state index contributed by atoms with van der Waals surface area (Å²) in [6.45, 7) is 1.07. The highest BCUT2D eigenvalue weighted by molar-refractivity contribution is 5.95. The molecule has 0 bridgehead atoms. The smallest absolute Gasteiger partial charge is 0.325 e. The molecule has 8 nitrogen and oxygen atoms in total. The molecule has 1 aromatic carbocycles. The van der Waals surface area contributed by atoms with Crippen molar-refractivity contribution in [3.05, 3.63) is 60.2 Å². The molecule has 3 aromatic rings. The normalized spacial score (nSPS) is 16.9. The molecule has 1 aliphatic heterocycles. The Morgan fingerprint density at radius 1 is 1.25 bits per heavy atom. The van der Waals surface area contributed by atoms with Crippen molar-refractivity contribution in [3.63, 3.8) is 0 Å². The van der Waals surface area contributed by atoms with Gasteiger partial charge in [-0.05, 0) is 31.0 Å². The summed E-state index contributed by atoms with van der Waals surface area (Å²) in [4.78, 5) is 33.3. The predicted octanol–water partition coefficient (Wildman–Crippen LogP) is 2.38. The second-order valence-electron chi connectivity index (χ2n) is 6.92. The molecule has 144 valence electrons. The monoisotopic (exact) mass is 379 g/mol. The number of aromatic amines is 1. The van der Waals surface area contributed by atoms with Gasteiger partial charge in [-0.1, -0.05) is 12.1 Å². The van der Waals surface area contributed by atoms with E-state index in [0.29, 0.717) is 18.7 Å². The molecule has 1 saturated heterocycles. The fourth-order valence-corrected chi connectivity index (χ4v) is 3.76. The van der Waals surface area contributed by atoms with Gasteiger partial charge in [-0.2, -0.15) is 5.10 Å². The van der Waals surface area contributed by atoms with Crippen molar-refractivity contribution in [2.75, 3.05) is 13.1 Å². The van der Waals surface area contributed by atoms with E-state index in [1.54, 1.807) is 18.6 Å². The molecule has 0 unspecified atom stereocenters. The number of hydrogen-bond acceptors (Lipinski definition) is 4. The van der Waals surface area contributed by atoms with E-state index in [1.807, 2.05) is 35.2 Å². The van der Waals surface area contributed by atoms with Crippen LogP contribution in [0, 0.1) is 0 Å². The maximum atomic E-state index is 13.1. The van der Waals surface area contributed by atoms with E-state index in [-0.39, 0.29) is 18.4 Å². The number of carboxylic acids is 1. The van der Waals surface area contributed by atoms with Gasteiger partial charge in [-0.25, -0.2) is 4.98 Å². The van der Waals surface area contributed by atoms with Gasteiger partial charge >= 0.3 is 5.97 Å². The van der Waals surface area contributed by atoms with Crippen molar-refractivity contribution < 1.29 is 14.7 Å². The number of hydrogen-bond donors (Lipinski definition) is 2. The maximum absolute atomic E-state index is 13.1. The number of carbonyl (C=O) groups excluding carboxylic acids is 1. The summed E-state index contributed by atoms with van der Waals surface area (Å²) in [5.74, 6) is -0.151. The first-order valence-electron chi connectivity index (χ1n) is 9.24. The van der Waals surface area contributed by atoms with Crippen molar-refractivity contribution in [2.24, 2.45) is 0 Å². The lowest BCUT2D eigenvalue weighted by Crippen LogP contribution is -2.39. The average Bonchev–Trinajstić information content (AvgIpc) is 3.39. The highest BCUT2D eigenvalue weighted by Crippen LogP contribution is 2.28. The molecule has 2 aromatic heterocycles. The molecule has 1 fully saturated rings. The molecule has 0 saturated carbocycles. The van der Waals surface area contributed by atoms with E-state index in [0.717, 1.165) is 29.9 Å². The van der Waals surface area contributed by atoms with Crippen LogP contribution in [0.4, 0.5) is 0 Å². The van der Waals surface area contributed by atoms with Gasteiger partial charge in [0.05, 0.1) is 0 Å². The van der Waals surface area contributed by atoms with E-state index < -0.39 is 5.97 Å². The molecular formula is C20H21N5O3. The molecule has 3 heterocycles. The SMILES string of the molecule is O=C(O)Cn1nccc1[C@@H]1CCCN(C(=O)c2cccc(-c3ncc[nH]3)c2)C1. The second-order valence-corrected chi connectivity index (χ2v) is 6.92. The molecule has 0 radical (unpaired) electrons. The summed E-state index contributed by atoms with van der Waals surface area (Å²) in [6.07, 6.45) is 6.82. The zero-order valence-corrected chi connectivity index (χ0v) is 15.3. The average molecular weight is 379 g/mol. The number of imidazole rings is 1. The first kappa shape index (κ1) is 18.0. The topological polar surface area (TPSA) is 104 Å². The molecule has 0 spiro atoms. The molecule has 4 rings (SSSR count). The highest BCUT2D eigenvalue weighted by Gasteiger charge is 2.28. The van der Waals surface area contributed by atoms with Gasteiger partial charge in [-0.3, -0.25) is 14.3 Å². The lowest BCUT2D eigenvalue weighted by molar-refractivity contribution is -0.137. The Bertz CT molecular complexity index is 979. The molecule has 1 amide bonds. The van der Waals surface area contributed by atoms with Crippen LogP contribution < -0.4 is 0 Å². The Kier molecular flexibility index (Phi) is 4.92. The molecule has 1 atom stereocenters. The van der Waals surface area contributed by atoms with Crippen LogP contribution in [0.25, 0.3) is 11.4 Å². The fourth-order valence-electron chi connectivity index (χ4n) is 3.76. The largest absolute Gasteiger partial charge is 0.480 e. The summed E-state index contributed by atoms with van der Waals surface area (Å²) in [6, 6.07) is 9.28. The molecular weight excluding hydrogens is 358 g/mol. The Labute approximate surface area is 161 Å². The van der Waals surface area contributed by atoms with Gasteiger partial charge in [0.25, 0.3) is 5.91 Å². The third-order valence-electron chi connectivity index (χ3n) is 5.04. The van der Waals surface area contributed by atoms with Crippen molar-refractivity contribution >= 4 is 11.9 Å². The van der Waals surface area contributed by atoms with Crippen LogP contribution in [0.5, 0.6) is 0 Å². The number of nitrogens with zero attached hydrogens (tertiary/aromatic N) is 4. The Morgan fingerprint density at radius 2 is 2.14 bits per heavy atom. The minimum atomic E-state index is -0.927. The second kappa shape index (κ2) is 7.67. The minimum Gasteiger partial charge on any atom is -0.480 e. The highest BCUT2D eigenvalue weighted by atomic mass is 16.4. The standard InChI is InChI=1S/C20H21N5O3/c26-18(27)13-25-17(6-7-23-25)16-5-2-10-24(12-16)20(28)15-4-1-3-14(11-15)19-21-8-9-22-19/h1,3-4,6-9,11,16H,2,5,10,12-13H2,(H,21,22)(H,26,27)/t16-/m1/s1. The first-order chi connectivity index (χ1) is 13.6. The van der Waals surface area contributed by atoms with Gasteiger partial charge < -0.3 is 15.0 Å². The van der Waals surface area contributed by atoms with Crippen molar-refractivity contribution in [3.8, 4) is 11.4 Å². The van der Waals surface area contributed by atoms with E-state index in [1.165, 1.54) is 4.68 Å². The number of likely N-dealkylation sites (tertiary alicyclic amines) is 1. The third kappa shape index (κ3) is 3.66. The van der Waals surface area contributed by atoms with Crippen LogP contribution in [0.2, 0.25) is 0 Å². The number of carbonyl (C=O) groups is 2. The number of aromatic nitrogens is 4. The van der Waals surface area contributed by atoms with Gasteiger partial charge in [0.15, 0.2) is 0 Å². The summed E-state index contributed by atoms with van der Waals surface area (Å²) in [7, 11) is 0. The Morgan fingerprint density at radius 3 is 2.93 bits per heavy atom. The molecule has 1 aliphatic rings. The van der Waals surface area contributed by atoms with Gasteiger partial charge in [0, 0.05) is 54.4 Å². The third-order valence-corrected chi connectivity index (χ3v) is 5.04. The van der Waals surface area contributed by atoms with Crippen molar-refractivity contribution in [1.29, 1.82) is 0 Å². The van der Waals surface area contributed by atoms with Crippen molar-refractivity contribution in [1.82, 2.24) is 24.6 Å². The number of carboxylic acid groups (broad SMARTS) is 1.